The van der Waals surface area contributed by atoms with Gasteiger partial charge in [0.2, 0.25) is 0 Å². The molecule has 3 atom stereocenters. The van der Waals surface area contributed by atoms with E-state index in [1.165, 1.54) is 19.5 Å². The van der Waals surface area contributed by atoms with E-state index in [2.05, 4.69) is 17.6 Å². The number of nitrogens with one attached hydrogen (secondary N) is 2. The van der Waals surface area contributed by atoms with Crippen LogP contribution in [0.3, 0.4) is 0 Å². The van der Waals surface area contributed by atoms with E-state index in [1.807, 2.05) is 0 Å². The largest absolute Gasteiger partial charge is 0.312 e. The predicted octanol–water partition coefficient (Wildman–Crippen LogP) is -0.0438. The lowest BCUT2D eigenvalue weighted by molar-refractivity contribution is 0.353. The van der Waals surface area contributed by atoms with Gasteiger partial charge in [-0.3, -0.25) is 0 Å². The van der Waals surface area contributed by atoms with Crippen molar-refractivity contribution in [3.8, 4) is 0 Å². The van der Waals surface area contributed by atoms with Crippen LogP contribution in [0.1, 0.15) is 13.3 Å². The maximum absolute atomic E-state index is 3.51. The smallest absolute Gasteiger partial charge is 0.0222 e. The van der Waals surface area contributed by atoms with Crippen molar-refractivity contribution in [2.45, 2.75) is 25.4 Å². The summed E-state index contributed by atoms with van der Waals surface area (Å²) in [5, 5.41) is 6.99. The quantitative estimate of drug-likeness (QED) is 0.476. The molecule has 0 aromatic heterocycles. The highest BCUT2D eigenvalue weighted by Gasteiger charge is 2.32. The third-order valence-corrected chi connectivity index (χ3v) is 2.59. The Hall–Kier alpha value is -0.0800. The lowest BCUT2D eigenvalue weighted by Gasteiger charge is -2.25. The minimum absolute atomic E-state index is 0.698. The number of hydrogen-bond acceptors (Lipinski definition) is 2. The minimum Gasteiger partial charge on any atom is -0.312 e. The second-order valence-electron chi connectivity index (χ2n) is 3.31. The molecule has 0 saturated carbocycles. The number of hydrogen-bond donors (Lipinski definition) is 2. The Morgan fingerprint density at radius 1 is 1.22 bits per heavy atom. The van der Waals surface area contributed by atoms with Crippen molar-refractivity contribution in [1.82, 2.24) is 10.6 Å². The van der Waals surface area contributed by atoms with Crippen LogP contribution in [-0.4, -0.2) is 25.2 Å². The molecular formula is C7H14N2. The fraction of sp³-hybridized carbons (Fsp3) is 1.00. The standard InChI is InChI=1S/C7H14N2/c1-5-7-2-6(3-8-5)4-9-7/h5-9H,2-4H2,1H3. The van der Waals surface area contributed by atoms with Gasteiger partial charge in [-0.05, 0) is 32.4 Å². The van der Waals surface area contributed by atoms with Gasteiger partial charge in [0.05, 0.1) is 0 Å². The molecule has 52 valence electrons. The highest BCUT2D eigenvalue weighted by Crippen LogP contribution is 2.19. The average Bonchev–Trinajstić information content (AvgIpc) is 2.25. The first-order valence-electron chi connectivity index (χ1n) is 3.83. The van der Waals surface area contributed by atoms with Crippen LogP contribution in [0.2, 0.25) is 0 Å². The molecular weight excluding hydrogens is 112 g/mol. The van der Waals surface area contributed by atoms with Crippen molar-refractivity contribution in [2.24, 2.45) is 5.92 Å². The van der Waals surface area contributed by atoms with Crippen LogP contribution in [-0.2, 0) is 0 Å². The molecule has 0 aromatic carbocycles. The Balaban J connectivity index is 2.05. The van der Waals surface area contributed by atoms with E-state index < -0.39 is 0 Å². The molecule has 2 heterocycles. The molecule has 2 saturated heterocycles. The molecule has 0 radical (unpaired) electrons. The molecule has 3 unspecified atom stereocenters. The maximum Gasteiger partial charge on any atom is 0.0222 e. The van der Waals surface area contributed by atoms with E-state index in [1.54, 1.807) is 0 Å². The van der Waals surface area contributed by atoms with Gasteiger partial charge < -0.3 is 10.6 Å². The Kier molecular flexibility index (Phi) is 1.24. The summed E-state index contributed by atoms with van der Waals surface area (Å²) < 4.78 is 0. The molecule has 2 N–H and O–H groups in total. The molecule has 0 spiro atoms. The Morgan fingerprint density at radius 2 is 2.00 bits per heavy atom. The van der Waals surface area contributed by atoms with Gasteiger partial charge in [-0.25, -0.2) is 0 Å². The average molecular weight is 126 g/mol. The van der Waals surface area contributed by atoms with Gasteiger partial charge in [0, 0.05) is 12.1 Å². The fourth-order valence-corrected chi connectivity index (χ4v) is 1.88. The van der Waals surface area contributed by atoms with Gasteiger partial charge in [0.1, 0.15) is 0 Å². The summed E-state index contributed by atoms with van der Waals surface area (Å²) >= 11 is 0. The highest BCUT2D eigenvalue weighted by atomic mass is 15.1. The van der Waals surface area contributed by atoms with Crippen molar-refractivity contribution >= 4 is 0 Å². The van der Waals surface area contributed by atoms with Crippen molar-refractivity contribution in [1.29, 1.82) is 0 Å². The van der Waals surface area contributed by atoms with E-state index in [0.717, 1.165) is 12.0 Å². The van der Waals surface area contributed by atoms with E-state index in [4.69, 9.17) is 0 Å². The Morgan fingerprint density at radius 3 is 2.78 bits per heavy atom. The summed E-state index contributed by atoms with van der Waals surface area (Å²) in [4.78, 5) is 0. The van der Waals surface area contributed by atoms with Gasteiger partial charge in [0.25, 0.3) is 0 Å². The minimum atomic E-state index is 0.698. The zero-order chi connectivity index (χ0) is 6.27. The summed E-state index contributed by atoms with van der Waals surface area (Å²) in [5.41, 5.74) is 0. The van der Waals surface area contributed by atoms with Crippen molar-refractivity contribution in [3.05, 3.63) is 0 Å². The molecule has 2 aliphatic heterocycles. The summed E-state index contributed by atoms with van der Waals surface area (Å²) in [6.45, 7) is 4.73. The Bertz CT molecular complexity index is 113. The molecule has 2 heteroatoms. The lowest BCUT2D eigenvalue weighted by Crippen LogP contribution is -2.45. The van der Waals surface area contributed by atoms with Crippen LogP contribution in [0.4, 0.5) is 0 Å². The summed E-state index contributed by atoms with van der Waals surface area (Å²) in [7, 11) is 0. The zero-order valence-electron chi connectivity index (χ0n) is 5.85. The summed E-state index contributed by atoms with van der Waals surface area (Å²) in [6.07, 6.45) is 1.40. The third-order valence-electron chi connectivity index (χ3n) is 2.59. The lowest BCUT2D eigenvalue weighted by atomic mass is 9.97. The molecule has 0 aromatic rings. The predicted molar refractivity (Wildman–Crippen MR) is 37.4 cm³/mol. The highest BCUT2D eigenvalue weighted by molar-refractivity contribution is 4.93. The number of piperidine rings is 1. The SMILES string of the molecule is CC1NCC2CNC1C2. The maximum atomic E-state index is 3.51. The first-order chi connectivity index (χ1) is 4.36. The second kappa shape index (κ2) is 1.96. The topological polar surface area (TPSA) is 24.1 Å². The first-order valence-corrected chi connectivity index (χ1v) is 3.83. The van der Waals surface area contributed by atoms with Crippen molar-refractivity contribution < 1.29 is 0 Å². The summed E-state index contributed by atoms with van der Waals surface area (Å²) in [5.74, 6) is 0.922. The molecule has 0 amide bonds. The molecule has 0 aliphatic carbocycles. The van der Waals surface area contributed by atoms with E-state index in [9.17, 15) is 0 Å². The van der Waals surface area contributed by atoms with Crippen molar-refractivity contribution in [3.63, 3.8) is 0 Å². The van der Waals surface area contributed by atoms with Crippen LogP contribution in [0.5, 0.6) is 0 Å². The van der Waals surface area contributed by atoms with Crippen molar-refractivity contribution in [2.75, 3.05) is 13.1 Å². The first kappa shape index (κ1) is 5.69. The van der Waals surface area contributed by atoms with E-state index in [0.29, 0.717) is 6.04 Å². The molecule has 2 bridgehead atoms. The van der Waals surface area contributed by atoms with Crippen LogP contribution < -0.4 is 10.6 Å². The van der Waals surface area contributed by atoms with Crippen LogP contribution in [0, 0.1) is 5.92 Å². The van der Waals surface area contributed by atoms with Crippen LogP contribution in [0.25, 0.3) is 0 Å². The third kappa shape index (κ3) is 0.864. The van der Waals surface area contributed by atoms with Gasteiger partial charge >= 0.3 is 0 Å². The second-order valence-corrected chi connectivity index (χ2v) is 3.31. The van der Waals surface area contributed by atoms with Crippen LogP contribution >= 0.6 is 0 Å². The number of fused-ring (bicyclic) bond motifs is 2. The van der Waals surface area contributed by atoms with Gasteiger partial charge in [-0.15, -0.1) is 0 Å². The van der Waals surface area contributed by atoms with Gasteiger partial charge in [-0.2, -0.15) is 0 Å². The number of rotatable bonds is 0. The van der Waals surface area contributed by atoms with Gasteiger partial charge in [-0.1, -0.05) is 0 Å². The van der Waals surface area contributed by atoms with E-state index >= 15 is 0 Å². The zero-order valence-corrected chi connectivity index (χ0v) is 5.85. The molecule has 2 rings (SSSR count). The molecule has 9 heavy (non-hydrogen) atoms. The monoisotopic (exact) mass is 126 g/mol. The van der Waals surface area contributed by atoms with Gasteiger partial charge in [0.15, 0.2) is 0 Å². The molecule has 2 fully saturated rings. The fourth-order valence-electron chi connectivity index (χ4n) is 1.88. The Labute approximate surface area is 56.0 Å². The van der Waals surface area contributed by atoms with E-state index in [-0.39, 0.29) is 0 Å². The molecule has 2 aliphatic rings. The van der Waals surface area contributed by atoms with Crippen LogP contribution in [0.15, 0.2) is 0 Å². The summed E-state index contributed by atoms with van der Waals surface area (Å²) in [6, 6.07) is 1.47. The normalized spacial score (nSPS) is 49.7. The molecule has 2 nitrogen and oxygen atoms in total.